The largest absolute Gasteiger partial charge is 0.353 e. The quantitative estimate of drug-likeness (QED) is 0.825. The number of rotatable bonds is 3. The van der Waals surface area contributed by atoms with Crippen molar-refractivity contribution >= 4 is 5.91 Å². The Balaban J connectivity index is 1.79. The van der Waals surface area contributed by atoms with Crippen LogP contribution < -0.4 is 11.1 Å². The van der Waals surface area contributed by atoms with Crippen molar-refractivity contribution in [3.8, 4) is 0 Å². The fourth-order valence-electron chi connectivity index (χ4n) is 3.75. The maximum absolute atomic E-state index is 12.4. The zero-order chi connectivity index (χ0) is 13.8. The fraction of sp³-hybridized carbons (Fsp3) is 0.938. The maximum atomic E-state index is 12.4. The van der Waals surface area contributed by atoms with E-state index in [0.29, 0.717) is 23.9 Å². The van der Waals surface area contributed by atoms with Crippen molar-refractivity contribution in [1.82, 2.24) is 5.32 Å². The molecule has 0 bridgehead atoms. The summed E-state index contributed by atoms with van der Waals surface area (Å²) in [6, 6.07) is 0.638. The molecule has 2 rings (SSSR count). The Bertz CT molecular complexity index is 299. The number of nitrogens with two attached hydrogens (primary N) is 1. The molecule has 19 heavy (non-hydrogen) atoms. The second-order valence-corrected chi connectivity index (χ2v) is 6.85. The minimum Gasteiger partial charge on any atom is -0.353 e. The molecule has 0 aromatic rings. The average Bonchev–Trinajstić information content (AvgIpc) is 2.42. The van der Waals surface area contributed by atoms with Crippen LogP contribution in [0.3, 0.4) is 0 Å². The van der Waals surface area contributed by atoms with E-state index < -0.39 is 0 Å². The Labute approximate surface area is 117 Å². The van der Waals surface area contributed by atoms with Crippen LogP contribution in [0.2, 0.25) is 0 Å². The monoisotopic (exact) mass is 266 g/mol. The average molecular weight is 266 g/mol. The van der Waals surface area contributed by atoms with Gasteiger partial charge in [0.15, 0.2) is 0 Å². The van der Waals surface area contributed by atoms with E-state index in [9.17, 15) is 4.79 Å². The van der Waals surface area contributed by atoms with Crippen LogP contribution in [0.25, 0.3) is 0 Å². The lowest BCUT2D eigenvalue weighted by atomic mass is 9.78. The molecule has 3 heteroatoms. The van der Waals surface area contributed by atoms with Crippen molar-refractivity contribution < 1.29 is 4.79 Å². The Hall–Kier alpha value is -0.570. The summed E-state index contributed by atoms with van der Waals surface area (Å²) in [5.74, 6) is 1.65. The lowest BCUT2D eigenvalue weighted by molar-refractivity contribution is -0.127. The summed E-state index contributed by atoms with van der Waals surface area (Å²) >= 11 is 0. The molecule has 110 valence electrons. The number of hydrogen-bond donors (Lipinski definition) is 2. The Kier molecular flexibility index (Phi) is 5.26. The van der Waals surface area contributed by atoms with Gasteiger partial charge in [-0.15, -0.1) is 0 Å². The molecule has 4 atom stereocenters. The topological polar surface area (TPSA) is 55.1 Å². The van der Waals surface area contributed by atoms with Crippen LogP contribution >= 0.6 is 0 Å². The SMILES string of the molecule is CC1CC(C(=O)NC(C)C2CCCCC2)CCC1N. The normalized spacial score (nSPS) is 34.8. The molecule has 3 N–H and O–H groups in total. The van der Waals surface area contributed by atoms with Gasteiger partial charge < -0.3 is 11.1 Å². The van der Waals surface area contributed by atoms with Gasteiger partial charge in [-0.1, -0.05) is 26.2 Å². The van der Waals surface area contributed by atoms with Crippen LogP contribution in [-0.4, -0.2) is 18.0 Å². The van der Waals surface area contributed by atoms with Crippen molar-refractivity contribution in [2.24, 2.45) is 23.5 Å². The van der Waals surface area contributed by atoms with Gasteiger partial charge in [0.1, 0.15) is 0 Å². The van der Waals surface area contributed by atoms with E-state index in [1.165, 1.54) is 32.1 Å². The fourth-order valence-corrected chi connectivity index (χ4v) is 3.75. The van der Waals surface area contributed by atoms with Crippen LogP contribution in [0.15, 0.2) is 0 Å². The summed E-state index contributed by atoms with van der Waals surface area (Å²) in [5, 5.41) is 3.27. The van der Waals surface area contributed by atoms with E-state index in [1.54, 1.807) is 0 Å². The van der Waals surface area contributed by atoms with E-state index in [0.717, 1.165) is 19.3 Å². The summed E-state index contributed by atoms with van der Waals surface area (Å²) < 4.78 is 0. The van der Waals surface area contributed by atoms with Gasteiger partial charge in [0.25, 0.3) is 0 Å². The van der Waals surface area contributed by atoms with Gasteiger partial charge in [0.2, 0.25) is 5.91 Å². The van der Waals surface area contributed by atoms with E-state index in [4.69, 9.17) is 5.73 Å². The lowest BCUT2D eigenvalue weighted by Gasteiger charge is -2.33. The Morgan fingerprint density at radius 1 is 1.16 bits per heavy atom. The zero-order valence-electron chi connectivity index (χ0n) is 12.5. The first kappa shape index (κ1) is 14.8. The van der Waals surface area contributed by atoms with E-state index in [2.05, 4.69) is 19.2 Å². The Morgan fingerprint density at radius 3 is 2.47 bits per heavy atom. The molecule has 0 radical (unpaired) electrons. The third kappa shape index (κ3) is 3.95. The van der Waals surface area contributed by atoms with Gasteiger partial charge in [-0.05, 0) is 50.9 Å². The Morgan fingerprint density at radius 2 is 1.84 bits per heavy atom. The molecular weight excluding hydrogens is 236 g/mol. The molecule has 1 amide bonds. The van der Waals surface area contributed by atoms with Crippen molar-refractivity contribution in [3.05, 3.63) is 0 Å². The van der Waals surface area contributed by atoms with Gasteiger partial charge in [0, 0.05) is 18.0 Å². The molecule has 0 aromatic carbocycles. The molecule has 0 spiro atoms. The van der Waals surface area contributed by atoms with E-state index >= 15 is 0 Å². The van der Waals surface area contributed by atoms with Gasteiger partial charge in [0.05, 0.1) is 0 Å². The first-order valence-corrected chi connectivity index (χ1v) is 8.14. The number of carbonyl (C=O) groups excluding carboxylic acids is 1. The van der Waals surface area contributed by atoms with Crippen LogP contribution in [-0.2, 0) is 4.79 Å². The standard InChI is InChI=1S/C16H30N2O/c1-11-10-14(8-9-15(11)17)16(19)18-12(2)13-6-4-3-5-7-13/h11-15H,3-10,17H2,1-2H3,(H,18,19). The first-order valence-electron chi connectivity index (χ1n) is 8.14. The highest BCUT2D eigenvalue weighted by Crippen LogP contribution is 2.30. The van der Waals surface area contributed by atoms with Crippen LogP contribution in [0, 0.1) is 17.8 Å². The van der Waals surface area contributed by atoms with Gasteiger partial charge in [-0.25, -0.2) is 0 Å². The van der Waals surface area contributed by atoms with Crippen LogP contribution in [0.5, 0.6) is 0 Å². The summed E-state index contributed by atoms with van der Waals surface area (Å²) in [5.41, 5.74) is 6.03. The molecule has 2 aliphatic rings. The summed E-state index contributed by atoms with van der Waals surface area (Å²) in [6.45, 7) is 4.36. The summed E-state index contributed by atoms with van der Waals surface area (Å²) in [7, 11) is 0. The second kappa shape index (κ2) is 6.74. The molecule has 2 fully saturated rings. The molecule has 0 aliphatic heterocycles. The van der Waals surface area contributed by atoms with Gasteiger partial charge in [-0.3, -0.25) is 4.79 Å². The van der Waals surface area contributed by atoms with Gasteiger partial charge >= 0.3 is 0 Å². The lowest BCUT2D eigenvalue weighted by Crippen LogP contribution is -2.45. The third-order valence-electron chi connectivity index (χ3n) is 5.33. The highest BCUT2D eigenvalue weighted by Gasteiger charge is 2.31. The molecular formula is C16H30N2O. The summed E-state index contributed by atoms with van der Waals surface area (Å²) in [6.07, 6.45) is 9.53. The smallest absolute Gasteiger partial charge is 0.223 e. The highest BCUT2D eigenvalue weighted by molar-refractivity contribution is 5.79. The number of nitrogens with one attached hydrogen (secondary N) is 1. The maximum Gasteiger partial charge on any atom is 0.223 e. The number of amides is 1. The second-order valence-electron chi connectivity index (χ2n) is 6.85. The molecule has 0 saturated heterocycles. The minimum atomic E-state index is 0.195. The molecule has 2 aliphatic carbocycles. The number of carbonyl (C=O) groups is 1. The highest BCUT2D eigenvalue weighted by atomic mass is 16.1. The van der Waals surface area contributed by atoms with E-state index in [1.807, 2.05) is 0 Å². The zero-order valence-corrected chi connectivity index (χ0v) is 12.5. The molecule has 3 nitrogen and oxygen atoms in total. The predicted molar refractivity (Wildman–Crippen MR) is 78.7 cm³/mol. The molecule has 4 unspecified atom stereocenters. The summed E-state index contributed by atoms with van der Waals surface area (Å²) in [4.78, 5) is 12.4. The van der Waals surface area contributed by atoms with Crippen molar-refractivity contribution in [3.63, 3.8) is 0 Å². The van der Waals surface area contributed by atoms with Crippen LogP contribution in [0.1, 0.15) is 65.2 Å². The minimum absolute atomic E-state index is 0.195. The molecule has 0 heterocycles. The molecule has 2 saturated carbocycles. The predicted octanol–water partition coefficient (Wildman–Crippen LogP) is 2.83. The van der Waals surface area contributed by atoms with Crippen molar-refractivity contribution in [2.75, 3.05) is 0 Å². The van der Waals surface area contributed by atoms with Crippen molar-refractivity contribution in [2.45, 2.75) is 77.3 Å². The van der Waals surface area contributed by atoms with E-state index in [-0.39, 0.29) is 11.8 Å². The first-order chi connectivity index (χ1) is 9.08. The molecule has 0 aromatic heterocycles. The van der Waals surface area contributed by atoms with Crippen molar-refractivity contribution in [1.29, 1.82) is 0 Å². The third-order valence-corrected chi connectivity index (χ3v) is 5.33. The van der Waals surface area contributed by atoms with Gasteiger partial charge in [-0.2, -0.15) is 0 Å². The van der Waals surface area contributed by atoms with Crippen LogP contribution in [0.4, 0.5) is 0 Å². The number of hydrogen-bond acceptors (Lipinski definition) is 2.